The summed E-state index contributed by atoms with van der Waals surface area (Å²) in [7, 11) is 1.36. The number of carboxylic acids is 1. The Labute approximate surface area is 235 Å². The molecule has 216 valence electrons. The van der Waals surface area contributed by atoms with Crippen LogP contribution in [0.25, 0.3) is 10.9 Å². The molecule has 0 radical (unpaired) electrons. The molecular formula is C30H32F2N4O5. The first kappa shape index (κ1) is 28.3. The summed E-state index contributed by atoms with van der Waals surface area (Å²) in [5, 5.41) is 12.0. The van der Waals surface area contributed by atoms with Crippen LogP contribution in [0.2, 0.25) is 0 Å². The minimum absolute atomic E-state index is 0.0328. The summed E-state index contributed by atoms with van der Waals surface area (Å²) in [6, 6.07) is 9.47. The van der Waals surface area contributed by atoms with Crippen molar-refractivity contribution in [3.05, 3.63) is 81.2 Å². The summed E-state index contributed by atoms with van der Waals surface area (Å²) in [5.41, 5.74) is 6.49. The molecule has 1 aromatic heterocycles. The highest BCUT2D eigenvalue weighted by molar-refractivity contribution is 5.97. The average Bonchev–Trinajstić information content (AvgIpc) is 3.81. The number of nitrogens with zero attached hydrogens (tertiary/aromatic N) is 2. The van der Waals surface area contributed by atoms with Gasteiger partial charge in [-0.1, -0.05) is 30.3 Å². The van der Waals surface area contributed by atoms with E-state index in [0.29, 0.717) is 36.9 Å². The first-order valence-corrected chi connectivity index (χ1v) is 13.6. The van der Waals surface area contributed by atoms with E-state index in [0.717, 1.165) is 24.5 Å². The summed E-state index contributed by atoms with van der Waals surface area (Å²) in [6.45, 7) is 0.128. The van der Waals surface area contributed by atoms with E-state index in [1.54, 1.807) is 9.47 Å². The maximum absolute atomic E-state index is 15.7. The van der Waals surface area contributed by atoms with Crippen molar-refractivity contribution in [1.82, 2.24) is 9.88 Å². The third-order valence-corrected chi connectivity index (χ3v) is 7.61. The number of nitrogens with one attached hydrogen (secondary N) is 1. The lowest BCUT2D eigenvalue weighted by molar-refractivity contribution is -0.122. The Morgan fingerprint density at radius 2 is 1.98 bits per heavy atom. The minimum atomic E-state index is -1.39. The van der Waals surface area contributed by atoms with Crippen LogP contribution in [0.5, 0.6) is 5.75 Å². The van der Waals surface area contributed by atoms with Crippen molar-refractivity contribution in [1.29, 1.82) is 0 Å². The molecule has 4 N–H and O–H groups in total. The zero-order chi connectivity index (χ0) is 29.3. The van der Waals surface area contributed by atoms with Gasteiger partial charge in [-0.25, -0.2) is 13.6 Å². The summed E-state index contributed by atoms with van der Waals surface area (Å²) >= 11 is 0. The van der Waals surface area contributed by atoms with Gasteiger partial charge in [-0.05, 0) is 49.3 Å². The predicted octanol–water partition coefficient (Wildman–Crippen LogP) is 3.69. The molecule has 2 aromatic carbocycles. The van der Waals surface area contributed by atoms with Crippen molar-refractivity contribution in [2.45, 2.75) is 44.2 Å². The summed E-state index contributed by atoms with van der Waals surface area (Å²) in [4.78, 5) is 38.8. The van der Waals surface area contributed by atoms with Crippen LogP contribution in [0.15, 0.2) is 58.8 Å². The number of carbonyl (C=O) groups excluding carboxylic acids is 1. The van der Waals surface area contributed by atoms with Gasteiger partial charge in [-0.15, -0.1) is 0 Å². The number of methoxy groups -OCH3 is 1. The monoisotopic (exact) mass is 566 g/mol. The number of carbonyl (C=O) groups is 2. The van der Waals surface area contributed by atoms with Crippen molar-refractivity contribution in [3.8, 4) is 5.75 Å². The highest BCUT2D eigenvalue weighted by Gasteiger charge is 2.32. The number of carboxylic acid groups (broad SMARTS) is 1. The van der Waals surface area contributed by atoms with E-state index in [2.05, 4.69) is 5.32 Å². The predicted molar refractivity (Wildman–Crippen MR) is 151 cm³/mol. The lowest BCUT2D eigenvalue weighted by atomic mass is 10.0. The number of rotatable bonds is 9. The highest BCUT2D eigenvalue weighted by atomic mass is 19.1. The minimum Gasteiger partial charge on any atom is -0.492 e. The molecule has 11 heteroatoms. The van der Waals surface area contributed by atoms with E-state index in [1.165, 1.54) is 13.3 Å². The molecule has 5 rings (SSSR count). The number of hydrogen-bond acceptors (Lipinski definition) is 6. The van der Waals surface area contributed by atoms with E-state index in [1.807, 2.05) is 30.3 Å². The van der Waals surface area contributed by atoms with E-state index < -0.39 is 40.6 Å². The number of pyridine rings is 1. The molecule has 1 atom stereocenters. The van der Waals surface area contributed by atoms with Crippen LogP contribution in [0, 0.1) is 5.82 Å². The summed E-state index contributed by atoms with van der Waals surface area (Å²) in [5.74, 6) is -3.04. The quantitative estimate of drug-likeness (QED) is 0.361. The lowest BCUT2D eigenvalue weighted by Crippen LogP contribution is -2.42. The summed E-state index contributed by atoms with van der Waals surface area (Å²) < 4.78 is 38.3. The fourth-order valence-corrected chi connectivity index (χ4v) is 5.39. The number of halogens is 2. The van der Waals surface area contributed by atoms with E-state index in [-0.39, 0.29) is 36.0 Å². The van der Waals surface area contributed by atoms with Crippen molar-refractivity contribution in [3.63, 3.8) is 0 Å². The molecule has 2 fully saturated rings. The lowest BCUT2D eigenvalue weighted by Gasteiger charge is -2.33. The molecule has 0 spiro atoms. The summed E-state index contributed by atoms with van der Waals surface area (Å²) in [6.07, 6.45) is 4.14. The normalized spacial score (nSPS) is 17.3. The Kier molecular flexibility index (Phi) is 8.07. The zero-order valence-corrected chi connectivity index (χ0v) is 22.7. The molecule has 1 unspecified atom stereocenters. The van der Waals surface area contributed by atoms with Gasteiger partial charge in [0, 0.05) is 25.3 Å². The third-order valence-electron chi connectivity index (χ3n) is 7.61. The van der Waals surface area contributed by atoms with E-state index >= 15 is 8.78 Å². The molecular weight excluding hydrogens is 534 g/mol. The Morgan fingerprint density at radius 3 is 2.63 bits per heavy atom. The molecule has 1 saturated heterocycles. The molecule has 9 nitrogen and oxygen atoms in total. The molecule has 1 saturated carbocycles. The standard InChI is InChI=1S/C30H32F2N4O5/c1-41-28-25-20(27(37)21(30(39)40)16-36(25)19-9-10-19)13-22(31)26(28)35-11-5-8-18(15-35)23(32)14-34-29(38)24(33)12-17-6-3-2-4-7-17/h2-4,6-7,13,16,19,24H,5,8-12,14-15,33H2,1H3,(H,34,38)(H,39,40)/b23-18+. The Bertz CT molecular complexity index is 1580. The fourth-order valence-electron chi connectivity index (χ4n) is 5.39. The largest absolute Gasteiger partial charge is 0.492 e. The van der Waals surface area contributed by atoms with Crippen molar-refractivity contribution in [2.75, 3.05) is 31.6 Å². The SMILES string of the molecule is COc1c(N2CCC/C(=C(\F)CNC(=O)C(N)Cc3ccccc3)C2)c(F)cc2c(=O)c(C(=O)O)cn(C3CC3)c12. The third kappa shape index (κ3) is 5.81. The van der Waals surface area contributed by atoms with Crippen LogP contribution in [0.1, 0.15) is 47.6 Å². The van der Waals surface area contributed by atoms with Crippen molar-refractivity contribution >= 4 is 28.5 Å². The van der Waals surface area contributed by atoms with E-state index in [4.69, 9.17) is 10.5 Å². The van der Waals surface area contributed by atoms with Crippen LogP contribution in [-0.2, 0) is 11.2 Å². The van der Waals surface area contributed by atoms with Gasteiger partial charge in [0.25, 0.3) is 0 Å². The molecule has 41 heavy (non-hydrogen) atoms. The smallest absolute Gasteiger partial charge is 0.341 e. The first-order chi connectivity index (χ1) is 19.7. The van der Waals surface area contributed by atoms with Crippen molar-refractivity contribution < 1.29 is 28.2 Å². The molecule has 2 aliphatic rings. The van der Waals surface area contributed by atoms with Gasteiger partial charge in [0.1, 0.15) is 17.1 Å². The second kappa shape index (κ2) is 11.7. The first-order valence-electron chi connectivity index (χ1n) is 13.6. The van der Waals surface area contributed by atoms with Crippen LogP contribution >= 0.6 is 0 Å². The van der Waals surface area contributed by atoms with Gasteiger partial charge in [0.15, 0.2) is 11.6 Å². The van der Waals surface area contributed by atoms with Gasteiger partial charge in [-0.3, -0.25) is 9.59 Å². The molecule has 2 heterocycles. The van der Waals surface area contributed by atoms with Gasteiger partial charge in [-0.2, -0.15) is 0 Å². The second-order valence-corrected chi connectivity index (χ2v) is 10.5. The van der Waals surface area contributed by atoms with Crippen molar-refractivity contribution in [2.24, 2.45) is 5.73 Å². The molecule has 0 bridgehead atoms. The molecule has 1 aliphatic heterocycles. The van der Waals surface area contributed by atoms with E-state index in [9.17, 15) is 19.5 Å². The van der Waals surface area contributed by atoms with Crippen LogP contribution in [-0.4, -0.2) is 54.3 Å². The number of aromatic nitrogens is 1. The average molecular weight is 567 g/mol. The number of nitrogens with two attached hydrogens (primary N) is 1. The Hall–Kier alpha value is -4.25. The van der Waals surface area contributed by atoms with Gasteiger partial charge < -0.3 is 30.4 Å². The number of fused-ring (bicyclic) bond motifs is 1. The maximum Gasteiger partial charge on any atom is 0.341 e. The van der Waals surface area contributed by atoms with Crippen LogP contribution < -0.4 is 26.1 Å². The molecule has 1 amide bonds. The number of hydrogen-bond donors (Lipinski definition) is 3. The maximum atomic E-state index is 15.7. The van der Waals surface area contributed by atoms with Gasteiger partial charge in [0.05, 0.1) is 30.6 Å². The number of piperidine rings is 1. The number of benzene rings is 2. The fraction of sp³-hybridized carbons (Fsp3) is 0.367. The van der Waals surface area contributed by atoms with Gasteiger partial charge >= 0.3 is 5.97 Å². The second-order valence-electron chi connectivity index (χ2n) is 10.5. The molecule has 1 aliphatic carbocycles. The molecule has 3 aromatic rings. The van der Waals surface area contributed by atoms with Crippen LogP contribution in [0.3, 0.4) is 0 Å². The number of aromatic carboxylic acids is 1. The zero-order valence-electron chi connectivity index (χ0n) is 22.7. The number of amides is 1. The number of ether oxygens (including phenoxy) is 1. The number of anilines is 1. The highest BCUT2D eigenvalue weighted by Crippen LogP contribution is 2.44. The Morgan fingerprint density at radius 1 is 1.24 bits per heavy atom. The topological polar surface area (TPSA) is 127 Å². The van der Waals surface area contributed by atoms with Crippen LogP contribution in [0.4, 0.5) is 14.5 Å². The Balaban J connectivity index is 1.41. The van der Waals surface area contributed by atoms with Gasteiger partial charge in [0.2, 0.25) is 11.3 Å².